The zero-order valence-electron chi connectivity index (χ0n) is 15.0. The van der Waals surface area contributed by atoms with Crippen molar-refractivity contribution in [2.24, 2.45) is 0 Å². The van der Waals surface area contributed by atoms with E-state index < -0.39 is 0 Å². The number of carbonyl (C=O) groups excluding carboxylic acids is 2. The van der Waals surface area contributed by atoms with E-state index in [9.17, 15) is 9.59 Å². The molecule has 136 valence electrons. The molecular formula is C21H24N2O3. The van der Waals surface area contributed by atoms with Crippen LogP contribution >= 0.6 is 0 Å². The van der Waals surface area contributed by atoms with E-state index in [1.54, 1.807) is 36.4 Å². The lowest BCUT2D eigenvalue weighted by Crippen LogP contribution is -2.27. The number of nitrogens with one attached hydrogen (secondary N) is 1. The van der Waals surface area contributed by atoms with Gasteiger partial charge in [-0.3, -0.25) is 9.59 Å². The minimum atomic E-state index is -0.227. The van der Waals surface area contributed by atoms with Crippen LogP contribution in [0, 0.1) is 0 Å². The third-order valence-electron chi connectivity index (χ3n) is 4.38. The van der Waals surface area contributed by atoms with Crippen LogP contribution in [0.15, 0.2) is 48.5 Å². The van der Waals surface area contributed by atoms with Crippen LogP contribution in [0.5, 0.6) is 5.75 Å². The number of nitrogens with zero attached hydrogens (tertiary/aromatic N) is 1. The lowest BCUT2D eigenvalue weighted by Gasteiger charge is -2.15. The molecule has 0 radical (unpaired) electrons. The molecule has 0 aliphatic carbocycles. The first kappa shape index (κ1) is 18.0. The van der Waals surface area contributed by atoms with Crippen LogP contribution in [0.4, 0.5) is 5.69 Å². The van der Waals surface area contributed by atoms with Gasteiger partial charge >= 0.3 is 0 Å². The van der Waals surface area contributed by atoms with Gasteiger partial charge in [0, 0.05) is 24.3 Å². The topological polar surface area (TPSA) is 58.6 Å². The molecule has 1 aliphatic rings. The number of carbonyl (C=O) groups is 2. The van der Waals surface area contributed by atoms with Gasteiger partial charge in [-0.05, 0) is 55.7 Å². The van der Waals surface area contributed by atoms with E-state index in [-0.39, 0.29) is 11.8 Å². The van der Waals surface area contributed by atoms with Gasteiger partial charge in [-0.25, -0.2) is 0 Å². The minimum absolute atomic E-state index is 0.0543. The van der Waals surface area contributed by atoms with Gasteiger partial charge in [-0.1, -0.05) is 19.1 Å². The highest BCUT2D eigenvalue weighted by molar-refractivity contribution is 6.06. The van der Waals surface area contributed by atoms with E-state index >= 15 is 0 Å². The number of rotatable bonds is 6. The molecule has 0 bridgehead atoms. The van der Waals surface area contributed by atoms with Crippen LogP contribution in [0.2, 0.25) is 0 Å². The summed E-state index contributed by atoms with van der Waals surface area (Å²) in [4.78, 5) is 26.8. The van der Waals surface area contributed by atoms with E-state index in [1.807, 2.05) is 24.0 Å². The number of hydrogen-bond donors (Lipinski definition) is 1. The second kappa shape index (κ2) is 8.52. The first-order valence-corrected chi connectivity index (χ1v) is 9.11. The van der Waals surface area contributed by atoms with Crippen molar-refractivity contribution in [3.8, 4) is 5.75 Å². The number of amides is 2. The molecular weight excluding hydrogens is 328 g/mol. The standard InChI is InChI=1S/C21H24N2O3/c1-2-15-26-19-8-4-3-7-18(19)20(24)22-17-11-9-16(10-12-17)21(25)23-13-5-6-14-23/h3-4,7-12H,2,5-6,13-15H2,1H3,(H,22,24). The summed E-state index contributed by atoms with van der Waals surface area (Å²) in [6, 6.07) is 14.2. The Hall–Kier alpha value is -2.82. The van der Waals surface area contributed by atoms with Crippen molar-refractivity contribution in [2.75, 3.05) is 25.0 Å². The molecule has 0 spiro atoms. The van der Waals surface area contributed by atoms with Crippen molar-refractivity contribution in [2.45, 2.75) is 26.2 Å². The molecule has 3 rings (SSSR count). The van der Waals surface area contributed by atoms with Gasteiger partial charge in [-0.15, -0.1) is 0 Å². The predicted octanol–water partition coefficient (Wildman–Crippen LogP) is 3.96. The number of anilines is 1. The minimum Gasteiger partial charge on any atom is -0.493 e. The summed E-state index contributed by atoms with van der Waals surface area (Å²) < 4.78 is 5.64. The first-order chi connectivity index (χ1) is 12.7. The van der Waals surface area contributed by atoms with Crippen molar-refractivity contribution >= 4 is 17.5 Å². The molecule has 0 atom stereocenters. The molecule has 1 aliphatic heterocycles. The fourth-order valence-corrected chi connectivity index (χ4v) is 2.99. The van der Waals surface area contributed by atoms with Crippen LogP contribution in [0.1, 0.15) is 46.9 Å². The molecule has 0 aromatic heterocycles. The largest absolute Gasteiger partial charge is 0.493 e. The number of hydrogen-bond acceptors (Lipinski definition) is 3. The highest BCUT2D eigenvalue weighted by atomic mass is 16.5. The van der Waals surface area contributed by atoms with E-state index in [1.165, 1.54) is 0 Å². The van der Waals surface area contributed by atoms with Gasteiger partial charge in [-0.2, -0.15) is 0 Å². The average Bonchev–Trinajstić information content (AvgIpc) is 3.21. The first-order valence-electron chi connectivity index (χ1n) is 9.11. The maximum atomic E-state index is 12.6. The molecule has 1 fully saturated rings. The Kier molecular flexibility index (Phi) is 5.89. The van der Waals surface area contributed by atoms with Gasteiger partial charge < -0.3 is 15.0 Å². The molecule has 5 nitrogen and oxygen atoms in total. The Morgan fingerprint density at radius 1 is 1.04 bits per heavy atom. The zero-order chi connectivity index (χ0) is 18.4. The predicted molar refractivity (Wildman–Crippen MR) is 102 cm³/mol. The van der Waals surface area contributed by atoms with Crippen LogP contribution in [0.3, 0.4) is 0 Å². The van der Waals surface area contributed by atoms with Gasteiger partial charge in [0.25, 0.3) is 11.8 Å². The summed E-state index contributed by atoms with van der Waals surface area (Å²) in [6.07, 6.45) is 3.02. The normalized spacial score (nSPS) is 13.5. The Bertz CT molecular complexity index is 765. The van der Waals surface area contributed by atoms with Crippen molar-refractivity contribution in [3.63, 3.8) is 0 Å². The Morgan fingerprint density at radius 3 is 2.42 bits per heavy atom. The SMILES string of the molecule is CCCOc1ccccc1C(=O)Nc1ccc(C(=O)N2CCCC2)cc1. The second-order valence-electron chi connectivity index (χ2n) is 6.38. The summed E-state index contributed by atoms with van der Waals surface area (Å²) in [5.41, 5.74) is 1.80. The lowest BCUT2D eigenvalue weighted by molar-refractivity contribution is 0.0792. The Morgan fingerprint density at radius 2 is 1.73 bits per heavy atom. The van der Waals surface area contributed by atoms with E-state index in [4.69, 9.17) is 4.74 Å². The second-order valence-corrected chi connectivity index (χ2v) is 6.38. The monoisotopic (exact) mass is 352 g/mol. The molecule has 26 heavy (non-hydrogen) atoms. The molecule has 2 amide bonds. The Labute approximate surface area is 154 Å². The van der Waals surface area contributed by atoms with Gasteiger partial charge in [0.05, 0.1) is 12.2 Å². The number of para-hydroxylation sites is 1. The molecule has 2 aromatic rings. The van der Waals surface area contributed by atoms with Crippen LogP contribution in [0.25, 0.3) is 0 Å². The van der Waals surface area contributed by atoms with Gasteiger partial charge in [0.15, 0.2) is 0 Å². The summed E-state index contributed by atoms with van der Waals surface area (Å²) in [5.74, 6) is 0.404. The fourth-order valence-electron chi connectivity index (χ4n) is 2.99. The lowest BCUT2D eigenvalue weighted by atomic mass is 10.1. The van der Waals surface area contributed by atoms with E-state index in [2.05, 4.69) is 5.32 Å². The molecule has 0 unspecified atom stereocenters. The quantitative estimate of drug-likeness (QED) is 0.856. The van der Waals surface area contributed by atoms with Crippen LogP contribution < -0.4 is 10.1 Å². The van der Waals surface area contributed by atoms with Crippen molar-refractivity contribution in [1.29, 1.82) is 0 Å². The fraction of sp³-hybridized carbons (Fsp3) is 0.333. The number of ether oxygens (including phenoxy) is 1. The van der Waals surface area contributed by atoms with Gasteiger partial charge in [0.1, 0.15) is 5.75 Å². The molecule has 0 saturated carbocycles. The summed E-state index contributed by atoms with van der Waals surface area (Å²) in [6.45, 7) is 4.24. The van der Waals surface area contributed by atoms with E-state index in [0.717, 1.165) is 32.4 Å². The van der Waals surface area contributed by atoms with Gasteiger partial charge in [0.2, 0.25) is 0 Å². The summed E-state index contributed by atoms with van der Waals surface area (Å²) >= 11 is 0. The number of likely N-dealkylation sites (tertiary alicyclic amines) is 1. The zero-order valence-corrected chi connectivity index (χ0v) is 15.0. The van der Waals surface area contributed by atoms with E-state index in [0.29, 0.717) is 29.2 Å². The highest BCUT2D eigenvalue weighted by Crippen LogP contribution is 2.21. The third kappa shape index (κ3) is 4.23. The van der Waals surface area contributed by atoms with Crippen molar-refractivity contribution in [3.05, 3.63) is 59.7 Å². The molecule has 5 heteroatoms. The number of benzene rings is 2. The third-order valence-corrected chi connectivity index (χ3v) is 4.38. The molecule has 1 saturated heterocycles. The molecule has 2 aromatic carbocycles. The highest BCUT2D eigenvalue weighted by Gasteiger charge is 2.19. The maximum absolute atomic E-state index is 12.6. The van der Waals surface area contributed by atoms with Crippen molar-refractivity contribution < 1.29 is 14.3 Å². The van der Waals surface area contributed by atoms with Crippen molar-refractivity contribution in [1.82, 2.24) is 4.90 Å². The average molecular weight is 352 g/mol. The molecule has 1 heterocycles. The van der Waals surface area contributed by atoms with Crippen LogP contribution in [-0.2, 0) is 0 Å². The van der Waals surface area contributed by atoms with Crippen LogP contribution in [-0.4, -0.2) is 36.4 Å². The molecule has 1 N–H and O–H groups in total. The summed E-state index contributed by atoms with van der Waals surface area (Å²) in [7, 11) is 0. The smallest absolute Gasteiger partial charge is 0.259 e. The Balaban J connectivity index is 1.67. The maximum Gasteiger partial charge on any atom is 0.259 e. The summed E-state index contributed by atoms with van der Waals surface area (Å²) in [5, 5.41) is 2.87.